The second-order valence-corrected chi connectivity index (χ2v) is 5.80. The lowest BCUT2D eigenvalue weighted by Crippen LogP contribution is -2.00. The molecule has 0 saturated heterocycles. The van der Waals surface area contributed by atoms with E-state index in [0.29, 0.717) is 23.2 Å². The summed E-state index contributed by atoms with van der Waals surface area (Å²) in [5.74, 6) is 1.03. The van der Waals surface area contributed by atoms with Gasteiger partial charge in [-0.1, -0.05) is 42.1 Å². The lowest BCUT2D eigenvalue weighted by Gasteiger charge is -2.10. The van der Waals surface area contributed by atoms with Crippen LogP contribution in [-0.4, -0.2) is 20.5 Å². The van der Waals surface area contributed by atoms with Crippen molar-refractivity contribution in [3.63, 3.8) is 0 Å². The second kappa shape index (κ2) is 7.07. The van der Waals surface area contributed by atoms with Crippen LogP contribution in [-0.2, 0) is 0 Å². The predicted octanol–water partition coefficient (Wildman–Crippen LogP) is 4.08. The molecule has 0 aliphatic heterocycles. The van der Waals surface area contributed by atoms with Crippen LogP contribution >= 0.6 is 11.8 Å². The van der Waals surface area contributed by atoms with Crippen LogP contribution in [0.25, 0.3) is 17.1 Å². The van der Waals surface area contributed by atoms with E-state index < -0.39 is 0 Å². The van der Waals surface area contributed by atoms with Crippen LogP contribution in [0.15, 0.2) is 59.8 Å². The van der Waals surface area contributed by atoms with E-state index in [1.54, 1.807) is 12.1 Å². The molecule has 3 rings (SSSR count). The van der Waals surface area contributed by atoms with Gasteiger partial charge in [-0.25, -0.2) is 4.39 Å². The van der Waals surface area contributed by atoms with Crippen molar-refractivity contribution in [2.45, 2.75) is 11.6 Å². The van der Waals surface area contributed by atoms with Crippen LogP contribution in [0.2, 0.25) is 0 Å². The van der Waals surface area contributed by atoms with Crippen LogP contribution in [0.1, 0.15) is 6.42 Å². The number of benzene rings is 2. The Morgan fingerprint density at radius 1 is 1.04 bits per heavy atom. The first-order chi connectivity index (χ1) is 11.3. The van der Waals surface area contributed by atoms with Gasteiger partial charge in [0.15, 0.2) is 11.0 Å². The minimum Gasteiger partial charge on any atom is -0.270 e. The quantitative estimate of drug-likeness (QED) is 0.524. The van der Waals surface area contributed by atoms with Gasteiger partial charge in [0.1, 0.15) is 5.82 Å². The molecule has 4 nitrogen and oxygen atoms in total. The Morgan fingerprint density at radius 2 is 1.78 bits per heavy atom. The molecule has 1 heterocycles. The van der Waals surface area contributed by atoms with Gasteiger partial charge in [-0.05, 0) is 24.3 Å². The number of rotatable bonds is 5. The minimum absolute atomic E-state index is 0.290. The highest BCUT2D eigenvalue weighted by Gasteiger charge is 2.15. The highest BCUT2D eigenvalue weighted by molar-refractivity contribution is 7.99. The monoisotopic (exact) mass is 324 g/mol. The molecule has 0 aliphatic rings. The summed E-state index contributed by atoms with van der Waals surface area (Å²) in [4.78, 5) is 0. The third-order valence-corrected chi connectivity index (χ3v) is 4.13. The zero-order chi connectivity index (χ0) is 16.1. The zero-order valence-electron chi connectivity index (χ0n) is 12.2. The van der Waals surface area contributed by atoms with E-state index in [2.05, 4.69) is 16.3 Å². The summed E-state index contributed by atoms with van der Waals surface area (Å²) in [6, 6.07) is 18.0. The SMILES string of the molecule is N#CCCSc1nnc(-c2ccccc2)n1-c1ccc(F)cc1. The molecule has 1 aromatic heterocycles. The predicted molar refractivity (Wildman–Crippen MR) is 87.7 cm³/mol. The number of halogens is 1. The molecule has 0 saturated carbocycles. The molecule has 0 aliphatic carbocycles. The zero-order valence-corrected chi connectivity index (χ0v) is 13.0. The molecule has 6 heteroatoms. The lowest BCUT2D eigenvalue weighted by molar-refractivity contribution is 0.627. The molecule has 0 bridgehead atoms. The third-order valence-electron chi connectivity index (χ3n) is 3.20. The summed E-state index contributed by atoms with van der Waals surface area (Å²) in [5, 5.41) is 17.9. The Balaban J connectivity index is 2.06. The standard InChI is InChI=1S/C17H13FN4S/c18-14-7-9-15(10-8-14)22-16(13-5-2-1-3-6-13)20-21-17(22)23-12-4-11-19/h1-3,5-10H,4,12H2. The van der Waals surface area contributed by atoms with Crippen molar-refractivity contribution in [2.24, 2.45) is 0 Å². The second-order valence-electron chi connectivity index (χ2n) is 4.74. The molecule has 0 amide bonds. The molecule has 0 N–H and O–H groups in total. The van der Waals surface area contributed by atoms with E-state index in [0.717, 1.165) is 11.3 Å². The van der Waals surface area contributed by atoms with Crippen LogP contribution in [0, 0.1) is 17.1 Å². The molecule has 0 fully saturated rings. The van der Waals surface area contributed by atoms with E-state index in [1.165, 1.54) is 23.9 Å². The molecule has 2 aromatic carbocycles. The highest BCUT2D eigenvalue weighted by Crippen LogP contribution is 2.28. The van der Waals surface area contributed by atoms with Gasteiger partial charge in [-0.2, -0.15) is 5.26 Å². The molecule has 23 heavy (non-hydrogen) atoms. The fourth-order valence-electron chi connectivity index (χ4n) is 2.15. The highest BCUT2D eigenvalue weighted by atomic mass is 32.2. The van der Waals surface area contributed by atoms with E-state index in [-0.39, 0.29) is 5.82 Å². The topological polar surface area (TPSA) is 54.5 Å². The van der Waals surface area contributed by atoms with Gasteiger partial charge < -0.3 is 0 Å². The van der Waals surface area contributed by atoms with Crippen molar-refractivity contribution in [3.8, 4) is 23.1 Å². The van der Waals surface area contributed by atoms with Gasteiger partial charge in [0.05, 0.1) is 6.07 Å². The third kappa shape index (κ3) is 3.41. The molecule has 0 spiro atoms. The number of hydrogen-bond acceptors (Lipinski definition) is 4. The van der Waals surface area contributed by atoms with E-state index in [9.17, 15) is 4.39 Å². The van der Waals surface area contributed by atoms with Crippen LogP contribution in [0.3, 0.4) is 0 Å². The average molecular weight is 324 g/mol. The Kier molecular flexibility index (Phi) is 4.69. The molecule has 0 unspecified atom stereocenters. The Hall–Kier alpha value is -2.65. The van der Waals surface area contributed by atoms with Gasteiger partial charge in [0, 0.05) is 23.4 Å². The van der Waals surface area contributed by atoms with Gasteiger partial charge in [-0.15, -0.1) is 10.2 Å². The first kappa shape index (κ1) is 15.3. The molecular weight excluding hydrogens is 311 g/mol. The maximum absolute atomic E-state index is 13.2. The fraction of sp³-hybridized carbons (Fsp3) is 0.118. The van der Waals surface area contributed by atoms with E-state index in [1.807, 2.05) is 34.9 Å². The van der Waals surface area contributed by atoms with Gasteiger partial charge in [0.2, 0.25) is 0 Å². The Labute approximate surface area is 137 Å². The summed E-state index contributed by atoms with van der Waals surface area (Å²) in [5.41, 5.74) is 1.71. The maximum atomic E-state index is 13.2. The van der Waals surface area contributed by atoms with Crippen LogP contribution in [0.4, 0.5) is 4.39 Å². The largest absolute Gasteiger partial charge is 0.270 e. The van der Waals surface area contributed by atoms with Crippen LogP contribution < -0.4 is 0 Å². The Morgan fingerprint density at radius 3 is 2.48 bits per heavy atom. The van der Waals surface area contributed by atoms with Crippen molar-refractivity contribution >= 4 is 11.8 Å². The maximum Gasteiger partial charge on any atom is 0.196 e. The molecule has 3 aromatic rings. The fourth-order valence-corrected chi connectivity index (χ4v) is 2.94. The minimum atomic E-state index is -0.290. The van der Waals surface area contributed by atoms with Crippen molar-refractivity contribution in [2.75, 3.05) is 5.75 Å². The average Bonchev–Trinajstić information content (AvgIpc) is 3.00. The summed E-state index contributed by atoms with van der Waals surface area (Å²) in [6.45, 7) is 0. The Bertz CT molecular complexity index is 822. The molecular formula is C17H13FN4S. The first-order valence-electron chi connectivity index (χ1n) is 7.06. The van der Waals surface area contributed by atoms with Gasteiger partial charge in [0.25, 0.3) is 0 Å². The number of nitriles is 1. The summed E-state index contributed by atoms with van der Waals surface area (Å²) < 4.78 is 15.1. The summed E-state index contributed by atoms with van der Waals surface area (Å²) in [6.07, 6.45) is 0.432. The van der Waals surface area contributed by atoms with E-state index >= 15 is 0 Å². The van der Waals surface area contributed by atoms with Crippen molar-refractivity contribution < 1.29 is 4.39 Å². The number of nitrogens with zero attached hydrogens (tertiary/aromatic N) is 4. The van der Waals surface area contributed by atoms with Crippen molar-refractivity contribution in [1.82, 2.24) is 14.8 Å². The van der Waals surface area contributed by atoms with E-state index in [4.69, 9.17) is 5.26 Å². The van der Waals surface area contributed by atoms with Gasteiger partial charge in [-0.3, -0.25) is 4.57 Å². The molecule has 0 radical (unpaired) electrons. The van der Waals surface area contributed by atoms with Crippen molar-refractivity contribution in [3.05, 3.63) is 60.4 Å². The van der Waals surface area contributed by atoms with Gasteiger partial charge >= 0.3 is 0 Å². The first-order valence-corrected chi connectivity index (χ1v) is 8.04. The number of aromatic nitrogens is 3. The lowest BCUT2D eigenvalue weighted by atomic mass is 10.2. The normalized spacial score (nSPS) is 10.4. The summed E-state index contributed by atoms with van der Waals surface area (Å²) >= 11 is 1.46. The number of hydrogen-bond donors (Lipinski definition) is 0. The number of thioether (sulfide) groups is 1. The van der Waals surface area contributed by atoms with Crippen molar-refractivity contribution in [1.29, 1.82) is 5.26 Å². The summed E-state index contributed by atoms with van der Waals surface area (Å²) in [7, 11) is 0. The molecule has 114 valence electrons. The van der Waals surface area contributed by atoms with Crippen LogP contribution in [0.5, 0.6) is 0 Å². The smallest absolute Gasteiger partial charge is 0.196 e. The molecule has 0 atom stereocenters.